The summed E-state index contributed by atoms with van der Waals surface area (Å²) < 4.78 is 0. The minimum absolute atomic E-state index is 0.163. The van der Waals surface area contributed by atoms with Gasteiger partial charge in [-0.05, 0) is 50.7 Å². The first-order chi connectivity index (χ1) is 10.7. The van der Waals surface area contributed by atoms with Crippen molar-refractivity contribution in [3.63, 3.8) is 0 Å². The zero-order valence-electron chi connectivity index (χ0n) is 15.3. The van der Waals surface area contributed by atoms with E-state index in [1.54, 1.807) is 0 Å². The van der Waals surface area contributed by atoms with Gasteiger partial charge in [-0.3, -0.25) is 0 Å². The Hall–Kier alpha value is -1.82. The second kappa shape index (κ2) is 5.37. The molecule has 120 valence electrons. The molecule has 0 spiro atoms. The van der Waals surface area contributed by atoms with Gasteiger partial charge in [0.1, 0.15) is 0 Å². The van der Waals surface area contributed by atoms with E-state index < -0.39 is 0 Å². The zero-order chi connectivity index (χ0) is 16.8. The molecule has 2 aliphatic rings. The van der Waals surface area contributed by atoms with E-state index in [1.807, 2.05) is 0 Å². The first-order valence-corrected chi connectivity index (χ1v) is 8.61. The van der Waals surface area contributed by atoms with Crippen LogP contribution in [0.1, 0.15) is 64.7 Å². The highest BCUT2D eigenvalue weighted by Crippen LogP contribution is 2.38. The molecule has 0 N–H and O–H groups in total. The summed E-state index contributed by atoms with van der Waals surface area (Å²) in [5.41, 5.74) is 8.78. The van der Waals surface area contributed by atoms with Gasteiger partial charge < -0.3 is 0 Å². The van der Waals surface area contributed by atoms with Crippen LogP contribution in [0.4, 0.5) is 0 Å². The van der Waals surface area contributed by atoms with E-state index in [-0.39, 0.29) is 10.8 Å². The Morgan fingerprint density at radius 2 is 1.39 bits per heavy atom. The maximum absolute atomic E-state index is 2.40. The van der Waals surface area contributed by atoms with Gasteiger partial charge >= 0.3 is 0 Å². The topological polar surface area (TPSA) is 0 Å². The summed E-state index contributed by atoms with van der Waals surface area (Å²) in [6.07, 6.45) is 12.2. The van der Waals surface area contributed by atoms with E-state index in [0.29, 0.717) is 0 Å². The van der Waals surface area contributed by atoms with Gasteiger partial charge in [-0.25, -0.2) is 0 Å². The molecule has 0 heterocycles. The van der Waals surface area contributed by atoms with E-state index in [2.05, 4.69) is 90.1 Å². The minimum Gasteiger partial charge on any atom is -0.0795 e. The second-order valence-electron chi connectivity index (χ2n) is 8.78. The van der Waals surface area contributed by atoms with Gasteiger partial charge in [-0.1, -0.05) is 90.1 Å². The van der Waals surface area contributed by atoms with Crippen LogP contribution in [-0.4, -0.2) is 0 Å². The Balaban J connectivity index is 2.20. The van der Waals surface area contributed by atoms with Gasteiger partial charge in [-0.15, -0.1) is 0 Å². The van der Waals surface area contributed by atoms with Crippen molar-refractivity contribution in [3.05, 3.63) is 76.4 Å². The summed E-state index contributed by atoms with van der Waals surface area (Å²) in [5.74, 6) is 0. The molecule has 0 fully saturated rings. The molecule has 0 amide bonds. The lowest BCUT2D eigenvalue weighted by Gasteiger charge is -2.27. The van der Waals surface area contributed by atoms with Crippen molar-refractivity contribution in [1.82, 2.24) is 0 Å². The number of rotatable bonds is 1. The number of hydrogen-bond donors (Lipinski definition) is 0. The van der Waals surface area contributed by atoms with Crippen molar-refractivity contribution in [2.45, 2.75) is 58.8 Å². The van der Waals surface area contributed by atoms with Crippen LogP contribution in [0, 0.1) is 0 Å². The lowest BCUT2D eigenvalue weighted by Crippen LogP contribution is -2.17. The molecule has 1 aromatic rings. The van der Waals surface area contributed by atoms with Gasteiger partial charge in [-0.2, -0.15) is 0 Å². The third-order valence-electron chi connectivity index (χ3n) is 4.81. The van der Waals surface area contributed by atoms with Crippen LogP contribution in [0.2, 0.25) is 0 Å². The summed E-state index contributed by atoms with van der Waals surface area (Å²) in [5, 5.41) is 0. The zero-order valence-corrected chi connectivity index (χ0v) is 15.3. The second-order valence-corrected chi connectivity index (χ2v) is 8.78. The molecule has 0 saturated carbocycles. The lowest BCUT2D eigenvalue weighted by atomic mass is 9.77. The molecule has 0 nitrogen and oxygen atoms in total. The molecule has 2 aliphatic carbocycles. The summed E-state index contributed by atoms with van der Waals surface area (Å²) in [6.45, 7) is 13.8. The summed E-state index contributed by atoms with van der Waals surface area (Å²) in [7, 11) is 0. The smallest absolute Gasteiger partial charge is 0.00820 e. The predicted molar refractivity (Wildman–Crippen MR) is 102 cm³/mol. The van der Waals surface area contributed by atoms with Gasteiger partial charge in [0.2, 0.25) is 0 Å². The predicted octanol–water partition coefficient (Wildman–Crippen LogP) is 6.49. The van der Waals surface area contributed by atoms with Gasteiger partial charge in [0, 0.05) is 0 Å². The molecule has 0 saturated heterocycles. The maximum Gasteiger partial charge on any atom is -0.00820 e. The molecular formula is C23H28. The number of hydrogen-bond acceptors (Lipinski definition) is 0. The molecule has 0 radical (unpaired) electrons. The Morgan fingerprint density at radius 1 is 0.783 bits per heavy atom. The van der Waals surface area contributed by atoms with Crippen LogP contribution < -0.4 is 0 Å². The van der Waals surface area contributed by atoms with E-state index in [0.717, 1.165) is 6.42 Å². The lowest BCUT2D eigenvalue weighted by molar-refractivity contribution is 0.568. The van der Waals surface area contributed by atoms with Crippen LogP contribution in [0.5, 0.6) is 0 Å². The van der Waals surface area contributed by atoms with Crippen LogP contribution >= 0.6 is 0 Å². The SMILES string of the molecule is CC(C)(C)c1cc(C2=C3C=CC=C3C=CC2)cc(C(C)(C)C)c1. The van der Waals surface area contributed by atoms with Crippen LogP contribution in [0.3, 0.4) is 0 Å². The van der Waals surface area contributed by atoms with Crippen LogP contribution in [0.25, 0.3) is 5.57 Å². The van der Waals surface area contributed by atoms with Crippen LogP contribution in [-0.2, 0) is 10.8 Å². The molecule has 0 aromatic heterocycles. The average molecular weight is 304 g/mol. The monoisotopic (exact) mass is 304 g/mol. The molecule has 3 rings (SSSR count). The highest BCUT2D eigenvalue weighted by molar-refractivity contribution is 5.81. The summed E-state index contributed by atoms with van der Waals surface area (Å²) in [6, 6.07) is 7.20. The first kappa shape index (κ1) is 16.1. The van der Waals surface area contributed by atoms with Crippen molar-refractivity contribution in [1.29, 1.82) is 0 Å². The average Bonchev–Trinajstić information content (AvgIpc) is 2.93. The Morgan fingerprint density at radius 3 is 1.96 bits per heavy atom. The Bertz CT molecular complexity index is 718. The highest BCUT2D eigenvalue weighted by atomic mass is 14.3. The van der Waals surface area contributed by atoms with Crippen molar-refractivity contribution >= 4 is 5.57 Å². The summed E-state index contributed by atoms with van der Waals surface area (Å²) in [4.78, 5) is 0. The van der Waals surface area contributed by atoms with Gasteiger partial charge in [0.05, 0.1) is 0 Å². The van der Waals surface area contributed by atoms with E-state index in [1.165, 1.54) is 33.4 Å². The normalized spacial score (nSPS) is 17.6. The van der Waals surface area contributed by atoms with Crippen molar-refractivity contribution < 1.29 is 0 Å². The van der Waals surface area contributed by atoms with Crippen LogP contribution in [0.15, 0.2) is 59.7 Å². The maximum atomic E-state index is 2.40. The van der Waals surface area contributed by atoms with E-state index >= 15 is 0 Å². The van der Waals surface area contributed by atoms with Gasteiger partial charge in [0.25, 0.3) is 0 Å². The molecule has 0 bridgehead atoms. The Labute approximate surface area is 141 Å². The van der Waals surface area contributed by atoms with E-state index in [9.17, 15) is 0 Å². The number of allylic oxidation sites excluding steroid dienone is 8. The Kier molecular flexibility index (Phi) is 3.75. The van der Waals surface area contributed by atoms with Crippen molar-refractivity contribution in [2.75, 3.05) is 0 Å². The molecule has 0 aliphatic heterocycles. The standard InChI is InChI=1S/C23H28/c1-22(2,3)18-13-17(14-19(15-18)23(4,5)6)21-12-8-10-16-9-7-11-20(16)21/h7-11,13-15H,12H2,1-6H3. The molecule has 0 heteroatoms. The molecule has 23 heavy (non-hydrogen) atoms. The third kappa shape index (κ3) is 3.13. The fraction of sp³-hybridized carbons (Fsp3) is 0.391. The quantitative estimate of drug-likeness (QED) is 0.556. The summed E-state index contributed by atoms with van der Waals surface area (Å²) >= 11 is 0. The fourth-order valence-corrected chi connectivity index (χ4v) is 3.21. The molecule has 0 atom stereocenters. The van der Waals surface area contributed by atoms with Crippen molar-refractivity contribution in [2.24, 2.45) is 0 Å². The number of fused-ring (bicyclic) bond motifs is 1. The van der Waals surface area contributed by atoms with Gasteiger partial charge in [0.15, 0.2) is 0 Å². The van der Waals surface area contributed by atoms with E-state index in [4.69, 9.17) is 0 Å². The fourth-order valence-electron chi connectivity index (χ4n) is 3.21. The highest BCUT2D eigenvalue weighted by Gasteiger charge is 2.23. The first-order valence-electron chi connectivity index (χ1n) is 8.61. The van der Waals surface area contributed by atoms with Crippen molar-refractivity contribution in [3.8, 4) is 0 Å². The third-order valence-corrected chi connectivity index (χ3v) is 4.81. The minimum atomic E-state index is 0.163. The molecular weight excluding hydrogens is 276 g/mol. The molecule has 1 aromatic carbocycles. The molecule has 0 unspecified atom stereocenters. The number of benzene rings is 1. The largest absolute Gasteiger partial charge is 0.0795 e.